The molecule has 0 fully saturated rings. The maximum atomic E-state index is 13.3. The summed E-state index contributed by atoms with van der Waals surface area (Å²) >= 11 is 0. The lowest BCUT2D eigenvalue weighted by atomic mass is 9.92. The lowest BCUT2D eigenvalue weighted by Gasteiger charge is -2.11. The maximum absolute atomic E-state index is 13.3. The highest BCUT2D eigenvalue weighted by Gasteiger charge is 2.17. The molecular weight excluding hydrogens is 242 g/mol. The minimum Gasteiger partial charge on any atom is -0.485 e. The third-order valence-corrected chi connectivity index (χ3v) is 2.38. The number of Topliss-reactive ketones (excluding diaryl/α,β-unsaturated/α-hetero) is 1. The van der Waals surface area contributed by atoms with Crippen LogP contribution < -0.4 is 0 Å². The molecule has 0 aliphatic rings. The molecule has 0 aliphatic heterocycles. The molecule has 1 rings (SSSR count). The first-order chi connectivity index (χ1) is 9.10. The van der Waals surface area contributed by atoms with E-state index < -0.39 is 11.6 Å². The summed E-state index contributed by atoms with van der Waals surface area (Å²) in [5.74, 6) is -2.02. The monoisotopic (exact) mass is 256 g/mol. The van der Waals surface area contributed by atoms with Gasteiger partial charge in [-0.05, 0) is 18.6 Å². The van der Waals surface area contributed by atoms with Crippen molar-refractivity contribution in [2.75, 3.05) is 0 Å². The van der Waals surface area contributed by atoms with Crippen LogP contribution >= 0.6 is 0 Å². The van der Waals surface area contributed by atoms with Crippen LogP contribution in [0.3, 0.4) is 0 Å². The fourth-order valence-corrected chi connectivity index (χ4v) is 1.34. The van der Waals surface area contributed by atoms with Gasteiger partial charge in [-0.1, -0.05) is 48.5 Å². The number of carbonyl (C=O) groups is 1. The number of rotatable bonds is 6. The molecule has 0 aromatic heterocycles. The van der Waals surface area contributed by atoms with Crippen LogP contribution in [-0.4, -0.2) is 13.6 Å². The molecule has 0 spiro atoms. The fourth-order valence-electron chi connectivity index (χ4n) is 1.34. The number of hydrogen-bond acceptors (Lipinski definition) is 2. The second-order valence-corrected chi connectivity index (χ2v) is 3.73. The van der Waals surface area contributed by atoms with Crippen molar-refractivity contribution in [3.05, 3.63) is 71.7 Å². The van der Waals surface area contributed by atoms with Crippen molar-refractivity contribution in [3.63, 3.8) is 0 Å². The molecule has 0 amide bonds. The van der Waals surface area contributed by atoms with E-state index in [-0.39, 0.29) is 17.8 Å². The smallest absolute Gasteiger partial charge is 0.254 e. The van der Waals surface area contributed by atoms with Crippen molar-refractivity contribution < 1.29 is 13.9 Å². The van der Waals surface area contributed by atoms with Gasteiger partial charge in [0.2, 0.25) is 0 Å². The van der Waals surface area contributed by atoms with Crippen molar-refractivity contribution >= 4 is 13.6 Å². The second-order valence-electron chi connectivity index (χ2n) is 3.73. The molecule has 1 aromatic carbocycles. The lowest BCUT2D eigenvalue weighted by Crippen LogP contribution is -2.10. The highest BCUT2D eigenvalue weighted by Crippen LogP contribution is 2.15. The molecule has 0 atom stereocenters. The topological polar surface area (TPSA) is 26.3 Å². The first-order valence-electron chi connectivity index (χ1n) is 5.75. The van der Waals surface area contributed by atoms with Crippen LogP contribution in [0.15, 0.2) is 66.1 Å². The van der Waals surface area contributed by atoms with E-state index >= 15 is 0 Å². The van der Waals surface area contributed by atoms with Crippen LogP contribution in [0.25, 0.3) is 0 Å². The Morgan fingerprint density at radius 3 is 2.58 bits per heavy atom. The molecule has 2 radical (unpaired) electrons. The average Bonchev–Trinajstić information content (AvgIpc) is 2.47. The van der Waals surface area contributed by atoms with Gasteiger partial charge in [-0.25, -0.2) is 4.39 Å². The van der Waals surface area contributed by atoms with E-state index in [9.17, 15) is 9.18 Å². The number of benzene rings is 1. The summed E-state index contributed by atoms with van der Waals surface area (Å²) in [6, 6.07) is 9.21. The number of allylic oxidation sites excluding steroid dienone is 4. The van der Waals surface area contributed by atoms with Crippen LogP contribution in [0, 0.1) is 0 Å². The Labute approximate surface area is 113 Å². The van der Waals surface area contributed by atoms with Crippen LogP contribution in [0.2, 0.25) is 0 Å². The van der Waals surface area contributed by atoms with Gasteiger partial charge in [-0.2, -0.15) is 0 Å². The van der Waals surface area contributed by atoms with E-state index in [0.29, 0.717) is 0 Å². The number of halogens is 1. The van der Waals surface area contributed by atoms with Gasteiger partial charge in [0.25, 0.3) is 5.78 Å². The molecule has 0 saturated carbocycles. The zero-order valence-corrected chi connectivity index (χ0v) is 10.7. The molecule has 0 unspecified atom stereocenters. The molecule has 4 heteroatoms. The maximum Gasteiger partial charge on any atom is 0.254 e. The number of ether oxygens (including phenoxy) is 1. The average molecular weight is 256 g/mol. The zero-order chi connectivity index (χ0) is 14.3. The Kier molecular flexibility index (Phi) is 5.80. The van der Waals surface area contributed by atoms with Crippen LogP contribution in [0.5, 0.6) is 0 Å². The van der Waals surface area contributed by atoms with Crippen molar-refractivity contribution in [1.29, 1.82) is 0 Å². The van der Waals surface area contributed by atoms with E-state index in [2.05, 4.69) is 6.58 Å². The van der Waals surface area contributed by atoms with E-state index in [1.54, 1.807) is 0 Å². The fraction of sp³-hybridized carbons (Fsp3) is 0.133. The molecule has 96 valence electrons. The van der Waals surface area contributed by atoms with Crippen LogP contribution in [0.1, 0.15) is 12.5 Å². The van der Waals surface area contributed by atoms with Crippen LogP contribution in [-0.2, 0) is 16.1 Å². The van der Waals surface area contributed by atoms with Gasteiger partial charge >= 0.3 is 0 Å². The normalized spacial score (nSPS) is 12.6. The van der Waals surface area contributed by atoms with Crippen molar-refractivity contribution in [1.82, 2.24) is 0 Å². The largest absolute Gasteiger partial charge is 0.485 e. The van der Waals surface area contributed by atoms with E-state index in [1.807, 2.05) is 30.3 Å². The van der Waals surface area contributed by atoms with Gasteiger partial charge in [0.05, 0.1) is 0 Å². The minimum atomic E-state index is -0.909. The highest BCUT2D eigenvalue weighted by molar-refractivity contribution is 6.27. The minimum absolute atomic E-state index is 0.0120. The SMILES string of the molecule is [B]/C(C=C)=C(\OCc1ccccc1)C(=O)/C(F)=C\C. The third kappa shape index (κ3) is 4.25. The number of hydrogen-bond donors (Lipinski definition) is 0. The Balaban J connectivity index is 2.89. The summed E-state index contributed by atoms with van der Waals surface area (Å²) in [6.45, 7) is 5.00. The standard InChI is InChI=1S/C15H14BFO2/c1-3-12(16)15(14(18)13(17)4-2)19-10-11-8-6-5-7-9-11/h3-9H,1,10H2,2H3/b13-4+,15-12-. The molecule has 0 aliphatic carbocycles. The van der Waals surface area contributed by atoms with E-state index in [4.69, 9.17) is 12.6 Å². The van der Waals surface area contributed by atoms with Gasteiger partial charge in [0.1, 0.15) is 14.5 Å². The van der Waals surface area contributed by atoms with Gasteiger partial charge in [0, 0.05) is 0 Å². The Hall–Kier alpha value is -2.10. The van der Waals surface area contributed by atoms with Crippen molar-refractivity contribution in [2.24, 2.45) is 0 Å². The molecule has 2 nitrogen and oxygen atoms in total. The molecule has 0 heterocycles. The van der Waals surface area contributed by atoms with Crippen molar-refractivity contribution in [3.8, 4) is 0 Å². The Morgan fingerprint density at radius 1 is 1.42 bits per heavy atom. The second kappa shape index (κ2) is 7.36. The molecule has 0 N–H and O–H groups in total. The van der Waals surface area contributed by atoms with Gasteiger partial charge in [-0.3, -0.25) is 4.79 Å². The summed E-state index contributed by atoms with van der Waals surface area (Å²) in [7, 11) is 5.60. The predicted octanol–water partition coefficient (Wildman–Crippen LogP) is 3.21. The summed E-state index contributed by atoms with van der Waals surface area (Å²) in [6.07, 6.45) is 2.31. The molecule has 19 heavy (non-hydrogen) atoms. The zero-order valence-electron chi connectivity index (χ0n) is 10.7. The Bertz CT molecular complexity index is 518. The summed E-state index contributed by atoms with van der Waals surface area (Å²) in [5, 5.41) is 0. The Morgan fingerprint density at radius 2 is 2.05 bits per heavy atom. The third-order valence-electron chi connectivity index (χ3n) is 2.38. The van der Waals surface area contributed by atoms with Gasteiger partial charge in [-0.15, -0.1) is 0 Å². The predicted molar refractivity (Wildman–Crippen MR) is 74.1 cm³/mol. The number of ketones is 1. The first kappa shape index (κ1) is 15.0. The molecule has 1 aromatic rings. The quantitative estimate of drug-likeness (QED) is 0.338. The van der Waals surface area contributed by atoms with E-state index in [1.165, 1.54) is 13.0 Å². The molecule has 0 bridgehead atoms. The summed E-state index contributed by atoms with van der Waals surface area (Å²) in [4.78, 5) is 11.7. The molecule has 0 saturated heterocycles. The first-order valence-corrected chi connectivity index (χ1v) is 5.75. The number of carbonyl (C=O) groups excluding carboxylic acids is 1. The highest BCUT2D eigenvalue weighted by atomic mass is 19.1. The van der Waals surface area contributed by atoms with Crippen LogP contribution in [0.4, 0.5) is 4.39 Å². The van der Waals surface area contributed by atoms with Gasteiger partial charge in [0.15, 0.2) is 11.6 Å². The van der Waals surface area contributed by atoms with Crippen molar-refractivity contribution in [2.45, 2.75) is 13.5 Å². The molecular formula is C15H14BFO2. The summed E-state index contributed by atoms with van der Waals surface area (Å²) < 4.78 is 18.6. The van der Waals surface area contributed by atoms with Gasteiger partial charge < -0.3 is 4.74 Å². The van der Waals surface area contributed by atoms with E-state index in [0.717, 1.165) is 11.6 Å². The summed E-state index contributed by atoms with van der Waals surface area (Å²) in [5.41, 5.74) is 0.864. The lowest BCUT2D eigenvalue weighted by molar-refractivity contribution is -0.117.